The molecular formula is C24H17N3O5. The molecule has 3 aliphatic rings. The lowest BCUT2D eigenvalue weighted by molar-refractivity contribution is -0.130. The van der Waals surface area contributed by atoms with Crippen molar-refractivity contribution >= 4 is 34.8 Å². The highest BCUT2D eigenvalue weighted by Crippen LogP contribution is 2.56. The molecule has 0 bridgehead atoms. The number of nitrogens with zero attached hydrogens (tertiary/aromatic N) is 2. The van der Waals surface area contributed by atoms with Crippen LogP contribution in [0.5, 0.6) is 5.75 Å². The minimum absolute atomic E-state index is 0.0140. The standard InChI is InChI=1S/C24H17N3O5/c28-16-12-10-14(11-13-16)26-21(29)19-20(22(26)30)32-27(15-6-2-1-3-7-15)24(19)17-8-4-5-9-18(17)25-23(24)31/h1-13,19-20,28H,(H,25,31)/t19-,20+,24-/m1/s1. The zero-order chi connectivity index (χ0) is 22.0. The first-order valence-electron chi connectivity index (χ1n) is 10.1. The number of carbonyl (C=O) groups is 3. The van der Waals surface area contributed by atoms with Crippen LogP contribution in [0.15, 0.2) is 78.9 Å². The molecule has 1 spiro atoms. The van der Waals surface area contributed by atoms with E-state index >= 15 is 0 Å². The third-order valence-corrected chi connectivity index (χ3v) is 6.27. The van der Waals surface area contributed by atoms with Crippen molar-refractivity contribution in [3.8, 4) is 5.75 Å². The van der Waals surface area contributed by atoms with Gasteiger partial charge in [0.1, 0.15) is 11.7 Å². The Bertz CT molecular complexity index is 1280. The van der Waals surface area contributed by atoms with Gasteiger partial charge >= 0.3 is 0 Å². The van der Waals surface area contributed by atoms with Crippen LogP contribution in [0.4, 0.5) is 17.1 Å². The molecule has 2 saturated heterocycles. The van der Waals surface area contributed by atoms with E-state index in [9.17, 15) is 19.5 Å². The number of phenols is 1. The van der Waals surface area contributed by atoms with Crippen LogP contribution >= 0.6 is 0 Å². The van der Waals surface area contributed by atoms with Gasteiger partial charge in [0.2, 0.25) is 5.91 Å². The Hall–Kier alpha value is -4.17. The van der Waals surface area contributed by atoms with Gasteiger partial charge < -0.3 is 10.4 Å². The second-order valence-electron chi connectivity index (χ2n) is 7.93. The normalized spacial score (nSPS) is 25.9. The topological polar surface area (TPSA) is 99.2 Å². The summed E-state index contributed by atoms with van der Waals surface area (Å²) >= 11 is 0. The summed E-state index contributed by atoms with van der Waals surface area (Å²) in [5.41, 5.74) is 0.483. The summed E-state index contributed by atoms with van der Waals surface area (Å²) in [7, 11) is 0. The van der Waals surface area contributed by atoms with E-state index in [-0.39, 0.29) is 5.75 Å². The Balaban J connectivity index is 1.55. The third kappa shape index (κ3) is 2.21. The van der Waals surface area contributed by atoms with Crippen molar-refractivity contribution in [2.75, 3.05) is 15.3 Å². The van der Waals surface area contributed by atoms with Crippen LogP contribution < -0.4 is 15.3 Å². The maximum Gasteiger partial charge on any atom is 0.266 e. The molecule has 3 aromatic carbocycles. The Morgan fingerprint density at radius 1 is 0.812 bits per heavy atom. The fourth-order valence-corrected chi connectivity index (χ4v) is 4.93. The quantitative estimate of drug-likeness (QED) is 0.610. The van der Waals surface area contributed by atoms with E-state index < -0.39 is 35.3 Å². The molecule has 3 amide bonds. The number of carbonyl (C=O) groups excluding carboxylic acids is 3. The second-order valence-corrected chi connectivity index (χ2v) is 7.93. The van der Waals surface area contributed by atoms with E-state index in [4.69, 9.17) is 4.84 Å². The summed E-state index contributed by atoms with van der Waals surface area (Å²) in [6, 6.07) is 21.8. The summed E-state index contributed by atoms with van der Waals surface area (Å²) in [5.74, 6) is -2.59. The van der Waals surface area contributed by atoms with Crippen molar-refractivity contribution in [1.82, 2.24) is 0 Å². The summed E-state index contributed by atoms with van der Waals surface area (Å²) < 4.78 is 0. The number of rotatable bonds is 2. The fourth-order valence-electron chi connectivity index (χ4n) is 4.93. The van der Waals surface area contributed by atoms with E-state index in [0.717, 1.165) is 4.90 Å². The Kier molecular flexibility index (Phi) is 3.73. The van der Waals surface area contributed by atoms with Gasteiger partial charge in [-0.05, 0) is 42.5 Å². The zero-order valence-electron chi connectivity index (χ0n) is 16.6. The molecule has 0 radical (unpaired) electrons. The number of phenolic OH excluding ortho intramolecular Hbond substituents is 1. The SMILES string of the molecule is O=C1[C@H]2ON(c3ccccc3)[C@@]3(C(=O)Nc4ccccc43)[C@H]2C(=O)N1c1ccc(O)cc1. The molecule has 8 nitrogen and oxygen atoms in total. The van der Waals surface area contributed by atoms with Crippen molar-refractivity contribution in [1.29, 1.82) is 0 Å². The molecule has 158 valence electrons. The smallest absolute Gasteiger partial charge is 0.266 e. The number of anilines is 3. The molecule has 3 atom stereocenters. The van der Waals surface area contributed by atoms with Gasteiger partial charge in [-0.3, -0.25) is 19.2 Å². The third-order valence-electron chi connectivity index (χ3n) is 6.27. The van der Waals surface area contributed by atoms with Crippen LogP contribution in [0.25, 0.3) is 0 Å². The summed E-state index contributed by atoms with van der Waals surface area (Å²) in [6.07, 6.45) is -1.17. The van der Waals surface area contributed by atoms with Gasteiger partial charge in [0, 0.05) is 11.3 Å². The first-order valence-corrected chi connectivity index (χ1v) is 10.1. The van der Waals surface area contributed by atoms with E-state index in [1.807, 2.05) is 6.07 Å². The van der Waals surface area contributed by atoms with Gasteiger partial charge in [-0.1, -0.05) is 36.4 Å². The predicted octanol–water partition coefficient (Wildman–Crippen LogP) is 2.55. The van der Waals surface area contributed by atoms with Gasteiger partial charge in [0.15, 0.2) is 11.6 Å². The van der Waals surface area contributed by atoms with E-state index in [2.05, 4.69) is 5.32 Å². The highest BCUT2D eigenvalue weighted by Gasteiger charge is 2.73. The first-order chi connectivity index (χ1) is 15.5. The number of imide groups is 1. The molecular weight excluding hydrogens is 410 g/mol. The van der Waals surface area contributed by atoms with Crippen LogP contribution in [0.2, 0.25) is 0 Å². The number of hydrogen-bond donors (Lipinski definition) is 2. The van der Waals surface area contributed by atoms with Crippen LogP contribution in [0.1, 0.15) is 5.56 Å². The summed E-state index contributed by atoms with van der Waals surface area (Å²) in [4.78, 5) is 47.8. The Morgan fingerprint density at radius 3 is 2.25 bits per heavy atom. The molecule has 0 aromatic heterocycles. The van der Waals surface area contributed by atoms with Crippen molar-refractivity contribution in [2.24, 2.45) is 5.92 Å². The molecule has 2 fully saturated rings. The van der Waals surface area contributed by atoms with Crippen molar-refractivity contribution in [3.05, 3.63) is 84.4 Å². The number of amides is 3. The number of nitrogens with one attached hydrogen (secondary N) is 1. The lowest BCUT2D eigenvalue weighted by Crippen LogP contribution is -2.53. The van der Waals surface area contributed by atoms with Crippen molar-refractivity contribution in [2.45, 2.75) is 11.6 Å². The maximum atomic E-state index is 13.7. The summed E-state index contributed by atoms with van der Waals surface area (Å²) in [5, 5.41) is 13.9. The number of aromatic hydroxyl groups is 1. The van der Waals surface area contributed by atoms with Crippen LogP contribution in [-0.4, -0.2) is 28.9 Å². The molecule has 2 N–H and O–H groups in total. The van der Waals surface area contributed by atoms with Gasteiger partial charge in [0.25, 0.3) is 11.8 Å². The van der Waals surface area contributed by atoms with Crippen molar-refractivity contribution < 1.29 is 24.3 Å². The molecule has 8 heteroatoms. The maximum absolute atomic E-state index is 13.7. The lowest BCUT2D eigenvalue weighted by Gasteiger charge is -2.35. The average Bonchev–Trinajstić information content (AvgIpc) is 3.40. The Labute approximate surface area is 182 Å². The molecule has 6 rings (SSSR count). The fraction of sp³-hybridized carbons (Fsp3) is 0.125. The molecule has 0 saturated carbocycles. The van der Waals surface area contributed by atoms with E-state index in [0.29, 0.717) is 22.6 Å². The number of para-hydroxylation sites is 2. The number of hydrogen-bond acceptors (Lipinski definition) is 6. The van der Waals surface area contributed by atoms with E-state index in [1.165, 1.54) is 29.3 Å². The van der Waals surface area contributed by atoms with Gasteiger partial charge in [-0.2, -0.15) is 0 Å². The Morgan fingerprint density at radius 2 is 1.50 bits per heavy atom. The molecule has 0 unspecified atom stereocenters. The summed E-state index contributed by atoms with van der Waals surface area (Å²) in [6.45, 7) is 0. The number of fused-ring (bicyclic) bond motifs is 4. The lowest BCUT2D eigenvalue weighted by atomic mass is 9.77. The van der Waals surface area contributed by atoms with Crippen LogP contribution in [0, 0.1) is 5.92 Å². The van der Waals surface area contributed by atoms with Gasteiger partial charge in [-0.25, -0.2) is 9.96 Å². The molecule has 0 aliphatic carbocycles. The van der Waals surface area contributed by atoms with Gasteiger partial charge in [0.05, 0.1) is 11.4 Å². The van der Waals surface area contributed by atoms with Crippen molar-refractivity contribution in [3.63, 3.8) is 0 Å². The molecule has 3 heterocycles. The first kappa shape index (κ1) is 18.6. The molecule has 3 aliphatic heterocycles. The zero-order valence-corrected chi connectivity index (χ0v) is 16.6. The second kappa shape index (κ2) is 6.41. The highest BCUT2D eigenvalue weighted by atomic mass is 16.7. The largest absolute Gasteiger partial charge is 0.508 e. The van der Waals surface area contributed by atoms with Gasteiger partial charge in [-0.15, -0.1) is 0 Å². The number of benzene rings is 3. The number of hydroxylamine groups is 1. The van der Waals surface area contributed by atoms with Crippen LogP contribution in [-0.2, 0) is 24.8 Å². The minimum atomic E-state index is -1.54. The van der Waals surface area contributed by atoms with Crippen LogP contribution in [0.3, 0.4) is 0 Å². The molecule has 32 heavy (non-hydrogen) atoms. The highest BCUT2D eigenvalue weighted by molar-refractivity contribution is 6.27. The minimum Gasteiger partial charge on any atom is -0.508 e. The van der Waals surface area contributed by atoms with E-state index in [1.54, 1.807) is 48.5 Å². The predicted molar refractivity (Wildman–Crippen MR) is 115 cm³/mol. The molecule has 3 aromatic rings. The average molecular weight is 427 g/mol. The monoisotopic (exact) mass is 427 g/mol.